The summed E-state index contributed by atoms with van der Waals surface area (Å²) in [5, 5.41) is 22.0. The van der Waals surface area contributed by atoms with Crippen LogP contribution in [0.5, 0.6) is 5.75 Å². The van der Waals surface area contributed by atoms with Crippen LogP contribution in [0.4, 0.5) is 10.1 Å². The Bertz CT molecular complexity index is 592. The first-order valence-electron chi connectivity index (χ1n) is 4.96. The summed E-state index contributed by atoms with van der Waals surface area (Å²) >= 11 is 1.33. The van der Waals surface area contributed by atoms with E-state index in [9.17, 15) is 19.6 Å². The second-order valence-corrected chi connectivity index (χ2v) is 4.59. The highest BCUT2D eigenvalue weighted by Gasteiger charge is 2.21. The van der Waals surface area contributed by atoms with Crippen LogP contribution < -0.4 is 5.73 Å². The first kappa shape index (κ1) is 15.4. The average molecular weight is 305 g/mol. The van der Waals surface area contributed by atoms with Gasteiger partial charge < -0.3 is 10.8 Å². The minimum Gasteiger partial charge on any atom is -0.505 e. The molecule has 1 atom stereocenters. The van der Waals surface area contributed by atoms with Gasteiger partial charge in [0.15, 0.2) is 11.6 Å². The number of halogens is 2. The lowest BCUT2D eigenvalue weighted by molar-refractivity contribution is -0.385. The van der Waals surface area contributed by atoms with Crippen LogP contribution in [0.3, 0.4) is 0 Å². The zero-order chi connectivity index (χ0) is 13.3. The van der Waals surface area contributed by atoms with Crippen molar-refractivity contribution < 1.29 is 14.4 Å². The standard InChI is InChI=1S/C11H9FN2O3S.ClH/c12-8-5-6(14(16)17)4-7(11(8)15)10(13)9-2-1-3-18-9;/h1-5,10,15H,13H2;1H/t10-;/m0./s1. The van der Waals surface area contributed by atoms with Crippen molar-refractivity contribution >= 4 is 29.4 Å². The van der Waals surface area contributed by atoms with Gasteiger partial charge in [-0.05, 0) is 11.4 Å². The maximum Gasteiger partial charge on any atom is 0.272 e. The lowest BCUT2D eigenvalue weighted by atomic mass is 10.0. The topological polar surface area (TPSA) is 89.4 Å². The van der Waals surface area contributed by atoms with Crippen molar-refractivity contribution in [2.24, 2.45) is 5.73 Å². The number of hydrogen-bond acceptors (Lipinski definition) is 5. The Kier molecular flexibility index (Phi) is 4.82. The van der Waals surface area contributed by atoms with E-state index in [4.69, 9.17) is 5.73 Å². The molecular weight excluding hydrogens is 295 g/mol. The van der Waals surface area contributed by atoms with Crippen LogP contribution in [-0.2, 0) is 0 Å². The van der Waals surface area contributed by atoms with Gasteiger partial charge in [0.05, 0.1) is 17.0 Å². The van der Waals surface area contributed by atoms with E-state index in [1.807, 2.05) is 0 Å². The summed E-state index contributed by atoms with van der Waals surface area (Å²) in [6.07, 6.45) is 0. The molecule has 5 nitrogen and oxygen atoms in total. The Morgan fingerprint density at radius 1 is 1.47 bits per heavy atom. The molecule has 102 valence electrons. The molecule has 1 aromatic carbocycles. The van der Waals surface area contributed by atoms with E-state index in [0.717, 1.165) is 6.07 Å². The monoisotopic (exact) mass is 304 g/mol. The van der Waals surface area contributed by atoms with Gasteiger partial charge in [0.25, 0.3) is 5.69 Å². The van der Waals surface area contributed by atoms with Crippen LogP contribution in [0.15, 0.2) is 29.6 Å². The Labute approximate surface area is 118 Å². The second-order valence-electron chi connectivity index (χ2n) is 3.62. The van der Waals surface area contributed by atoms with Gasteiger partial charge in [0.2, 0.25) is 0 Å². The molecule has 0 aliphatic heterocycles. The van der Waals surface area contributed by atoms with Gasteiger partial charge in [-0.25, -0.2) is 4.39 Å². The molecule has 0 aliphatic carbocycles. The summed E-state index contributed by atoms with van der Waals surface area (Å²) in [6.45, 7) is 0. The summed E-state index contributed by atoms with van der Waals surface area (Å²) in [5.41, 5.74) is 5.43. The Hall–Kier alpha value is -1.70. The SMILES string of the molecule is Cl.N[C@H](c1cccs1)c1cc([N+](=O)[O-])cc(F)c1O. The molecule has 0 unspecified atom stereocenters. The summed E-state index contributed by atoms with van der Waals surface area (Å²) in [4.78, 5) is 10.6. The second kappa shape index (κ2) is 5.96. The van der Waals surface area contributed by atoms with Crippen LogP contribution in [0.2, 0.25) is 0 Å². The molecular formula is C11H10ClFN2O3S. The first-order chi connectivity index (χ1) is 8.50. The maximum absolute atomic E-state index is 13.4. The van der Waals surface area contributed by atoms with Crippen molar-refractivity contribution in [3.63, 3.8) is 0 Å². The number of hydrogen-bond donors (Lipinski definition) is 2. The van der Waals surface area contributed by atoms with Crippen molar-refractivity contribution in [2.45, 2.75) is 6.04 Å². The number of nitro groups is 1. The van der Waals surface area contributed by atoms with Gasteiger partial charge in [0, 0.05) is 16.5 Å². The highest BCUT2D eigenvalue weighted by molar-refractivity contribution is 7.10. The Balaban J connectivity index is 0.00000180. The van der Waals surface area contributed by atoms with E-state index in [1.165, 1.54) is 11.3 Å². The molecule has 0 spiro atoms. The van der Waals surface area contributed by atoms with E-state index < -0.39 is 28.2 Å². The van der Waals surface area contributed by atoms with Crippen molar-refractivity contribution in [2.75, 3.05) is 0 Å². The summed E-state index contributed by atoms with van der Waals surface area (Å²) in [6, 6.07) is 4.43. The molecule has 0 amide bonds. The minimum atomic E-state index is -1.05. The number of phenols is 1. The molecule has 0 saturated heterocycles. The molecule has 0 bridgehead atoms. The Morgan fingerprint density at radius 3 is 2.68 bits per heavy atom. The molecule has 1 aromatic heterocycles. The lowest BCUT2D eigenvalue weighted by Crippen LogP contribution is -2.11. The van der Waals surface area contributed by atoms with Crippen molar-refractivity contribution in [3.05, 3.63) is 56.0 Å². The molecule has 1 heterocycles. The third-order valence-corrected chi connectivity index (χ3v) is 3.43. The molecule has 2 aromatic rings. The zero-order valence-electron chi connectivity index (χ0n) is 9.45. The number of benzene rings is 1. The predicted molar refractivity (Wildman–Crippen MR) is 72.3 cm³/mol. The van der Waals surface area contributed by atoms with Gasteiger partial charge in [-0.15, -0.1) is 23.7 Å². The van der Waals surface area contributed by atoms with Crippen LogP contribution in [0.25, 0.3) is 0 Å². The molecule has 2 rings (SSSR count). The number of nitro benzene ring substituents is 1. The van der Waals surface area contributed by atoms with Gasteiger partial charge >= 0.3 is 0 Å². The normalized spacial score (nSPS) is 11.7. The number of phenolic OH excluding ortho intramolecular Hbond substituents is 1. The summed E-state index contributed by atoms with van der Waals surface area (Å²) in [7, 11) is 0. The highest BCUT2D eigenvalue weighted by Crippen LogP contribution is 2.34. The van der Waals surface area contributed by atoms with E-state index in [-0.39, 0.29) is 18.0 Å². The maximum atomic E-state index is 13.4. The molecule has 0 fully saturated rings. The number of thiophene rings is 1. The van der Waals surface area contributed by atoms with Crippen molar-refractivity contribution in [1.29, 1.82) is 0 Å². The quantitative estimate of drug-likeness (QED) is 0.674. The minimum absolute atomic E-state index is 0. The molecule has 3 N–H and O–H groups in total. The Morgan fingerprint density at radius 2 is 2.16 bits per heavy atom. The third-order valence-electron chi connectivity index (χ3n) is 2.47. The average Bonchev–Trinajstić information content (AvgIpc) is 2.85. The van der Waals surface area contributed by atoms with E-state index >= 15 is 0 Å². The summed E-state index contributed by atoms with van der Waals surface area (Å²) in [5.74, 6) is -1.70. The number of nitrogens with two attached hydrogens (primary N) is 1. The van der Waals surface area contributed by atoms with Crippen LogP contribution in [0, 0.1) is 15.9 Å². The highest BCUT2D eigenvalue weighted by atomic mass is 35.5. The molecule has 0 saturated carbocycles. The van der Waals surface area contributed by atoms with E-state index in [1.54, 1.807) is 17.5 Å². The molecule has 8 heteroatoms. The van der Waals surface area contributed by atoms with Gasteiger partial charge in [-0.1, -0.05) is 6.07 Å². The molecule has 19 heavy (non-hydrogen) atoms. The fourth-order valence-electron chi connectivity index (χ4n) is 1.57. The molecule has 0 radical (unpaired) electrons. The van der Waals surface area contributed by atoms with Crippen molar-refractivity contribution in [3.8, 4) is 5.75 Å². The summed E-state index contributed by atoms with van der Waals surface area (Å²) < 4.78 is 13.4. The zero-order valence-corrected chi connectivity index (χ0v) is 11.1. The van der Waals surface area contributed by atoms with Gasteiger partial charge in [0.1, 0.15) is 0 Å². The lowest BCUT2D eigenvalue weighted by Gasteiger charge is -2.12. The largest absolute Gasteiger partial charge is 0.505 e. The van der Waals surface area contributed by atoms with Crippen LogP contribution in [0.1, 0.15) is 16.5 Å². The predicted octanol–water partition coefficient (Wildman–Crippen LogP) is 2.97. The van der Waals surface area contributed by atoms with E-state index in [2.05, 4.69) is 0 Å². The first-order valence-corrected chi connectivity index (χ1v) is 5.84. The fraction of sp³-hybridized carbons (Fsp3) is 0.0909. The number of nitrogens with zero attached hydrogens (tertiary/aromatic N) is 1. The fourth-order valence-corrected chi connectivity index (χ4v) is 2.31. The number of non-ortho nitro benzene ring substituents is 1. The third kappa shape index (κ3) is 3.01. The number of rotatable bonds is 3. The van der Waals surface area contributed by atoms with Gasteiger partial charge in [-0.2, -0.15) is 0 Å². The van der Waals surface area contributed by atoms with Crippen LogP contribution in [-0.4, -0.2) is 10.0 Å². The van der Waals surface area contributed by atoms with Crippen molar-refractivity contribution in [1.82, 2.24) is 0 Å². The van der Waals surface area contributed by atoms with Gasteiger partial charge in [-0.3, -0.25) is 10.1 Å². The van der Waals surface area contributed by atoms with E-state index in [0.29, 0.717) is 10.9 Å². The number of aromatic hydroxyl groups is 1. The van der Waals surface area contributed by atoms with Crippen LogP contribution >= 0.6 is 23.7 Å². The smallest absolute Gasteiger partial charge is 0.272 e. The molecule has 0 aliphatic rings.